The van der Waals surface area contributed by atoms with E-state index in [9.17, 15) is 18.3 Å². The number of ether oxygens (including phenoxy) is 1. The molecule has 0 aliphatic heterocycles. The van der Waals surface area contributed by atoms with Gasteiger partial charge in [-0.25, -0.2) is 13.2 Å². The predicted octanol–water partition coefficient (Wildman–Crippen LogP) is 3.85. The highest BCUT2D eigenvalue weighted by atomic mass is 35.5. The van der Waals surface area contributed by atoms with Gasteiger partial charge in [-0.15, -0.1) is 0 Å². The minimum absolute atomic E-state index is 0.0874. The molecule has 0 saturated heterocycles. The quantitative estimate of drug-likeness (QED) is 0.933. The fourth-order valence-corrected chi connectivity index (χ4v) is 2.07. The molecule has 0 aliphatic rings. The molecule has 20 heavy (non-hydrogen) atoms. The molecule has 0 fully saturated rings. The molecule has 0 spiro atoms. The first kappa shape index (κ1) is 14.7. The molecule has 2 aromatic rings. The Morgan fingerprint density at radius 3 is 2.25 bits per heavy atom. The fourth-order valence-electron chi connectivity index (χ4n) is 1.89. The van der Waals surface area contributed by atoms with Crippen LogP contribution in [0.4, 0.5) is 13.2 Å². The average Bonchev–Trinajstić information content (AvgIpc) is 2.37. The summed E-state index contributed by atoms with van der Waals surface area (Å²) in [5.41, 5.74) is -0.573. The molecule has 0 bridgehead atoms. The number of aliphatic hydroxyl groups is 1. The SMILES string of the molecule is COc1ccc(Cl)cc1C(O)c1c(F)cc(F)cc1F. The van der Waals surface area contributed by atoms with E-state index in [1.54, 1.807) is 0 Å². The van der Waals surface area contributed by atoms with Gasteiger partial charge < -0.3 is 9.84 Å². The highest BCUT2D eigenvalue weighted by Gasteiger charge is 2.24. The molecule has 106 valence electrons. The van der Waals surface area contributed by atoms with Gasteiger partial charge in [-0.05, 0) is 18.2 Å². The molecule has 2 rings (SSSR count). The van der Waals surface area contributed by atoms with E-state index in [-0.39, 0.29) is 16.3 Å². The Kier molecular flexibility index (Phi) is 4.20. The van der Waals surface area contributed by atoms with Crippen LogP contribution >= 0.6 is 11.6 Å². The van der Waals surface area contributed by atoms with Crippen molar-refractivity contribution in [3.05, 3.63) is 63.9 Å². The Labute approximate surface area is 118 Å². The first-order valence-corrected chi connectivity index (χ1v) is 5.97. The Morgan fingerprint density at radius 1 is 1.10 bits per heavy atom. The van der Waals surface area contributed by atoms with Crippen molar-refractivity contribution in [3.8, 4) is 5.75 Å². The first-order valence-electron chi connectivity index (χ1n) is 5.60. The highest BCUT2D eigenvalue weighted by Crippen LogP contribution is 2.34. The summed E-state index contributed by atoms with van der Waals surface area (Å²) < 4.78 is 45.2. The molecule has 0 saturated carbocycles. The molecule has 1 N–H and O–H groups in total. The van der Waals surface area contributed by atoms with Crippen molar-refractivity contribution in [2.45, 2.75) is 6.10 Å². The second kappa shape index (κ2) is 5.73. The van der Waals surface area contributed by atoms with Gasteiger partial charge in [0.2, 0.25) is 0 Å². The van der Waals surface area contributed by atoms with Crippen LogP contribution in [0, 0.1) is 17.5 Å². The zero-order valence-electron chi connectivity index (χ0n) is 10.3. The van der Waals surface area contributed by atoms with Crippen molar-refractivity contribution in [2.75, 3.05) is 7.11 Å². The van der Waals surface area contributed by atoms with Gasteiger partial charge in [0.15, 0.2) is 0 Å². The maximum atomic E-state index is 13.7. The smallest absolute Gasteiger partial charge is 0.135 e. The van der Waals surface area contributed by atoms with Crippen LogP contribution in [0.5, 0.6) is 5.75 Å². The Morgan fingerprint density at radius 2 is 1.70 bits per heavy atom. The third kappa shape index (κ3) is 2.73. The summed E-state index contributed by atoms with van der Waals surface area (Å²) in [6.45, 7) is 0. The first-order chi connectivity index (χ1) is 9.43. The lowest BCUT2D eigenvalue weighted by Gasteiger charge is -2.16. The largest absolute Gasteiger partial charge is 0.496 e. The minimum atomic E-state index is -1.66. The molecular weight excluding hydrogens is 293 g/mol. The van der Waals surface area contributed by atoms with E-state index in [4.69, 9.17) is 16.3 Å². The molecule has 0 heterocycles. The van der Waals surface area contributed by atoms with Gasteiger partial charge in [-0.3, -0.25) is 0 Å². The van der Waals surface area contributed by atoms with Gasteiger partial charge in [0.05, 0.1) is 12.7 Å². The monoisotopic (exact) mass is 302 g/mol. The van der Waals surface area contributed by atoms with Crippen LogP contribution in [0.3, 0.4) is 0 Å². The number of rotatable bonds is 3. The molecule has 0 amide bonds. The third-order valence-corrected chi connectivity index (χ3v) is 3.04. The standard InChI is InChI=1S/C14H10ClF3O2/c1-20-12-3-2-7(15)4-9(12)14(19)13-10(17)5-8(16)6-11(13)18/h2-6,14,19H,1H3. The van der Waals surface area contributed by atoms with Gasteiger partial charge in [0.1, 0.15) is 29.3 Å². The van der Waals surface area contributed by atoms with Gasteiger partial charge in [-0.2, -0.15) is 0 Å². The Balaban J connectivity index is 2.57. The maximum absolute atomic E-state index is 13.7. The molecule has 2 aromatic carbocycles. The lowest BCUT2D eigenvalue weighted by atomic mass is 9.99. The Bertz CT molecular complexity index is 623. The van der Waals surface area contributed by atoms with E-state index in [2.05, 4.69) is 0 Å². The normalized spacial score (nSPS) is 12.3. The zero-order chi connectivity index (χ0) is 14.9. The van der Waals surface area contributed by atoms with Gasteiger partial charge in [-0.1, -0.05) is 11.6 Å². The van der Waals surface area contributed by atoms with Crippen LogP contribution in [0.15, 0.2) is 30.3 Å². The van der Waals surface area contributed by atoms with Crippen molar-refractivity contribution in [2.24, 2.45) is 0 Å². The molecule has 0 aliphatic carbocycles. The van der Waals surface area contributed by atoms with Gasteiger partial charge in [0, 0.05) is 22.7 Å². The summed E-state index contributed by atoms with van der Waals surface area (Å²) in [6.07, 6.45) is -1.66. The topological polar surface area (TPSA) is 29.5 Å². The van der Waals surface area contributed by atoms with Crippen molar-refractivity contribution in [3.63, 3.8) is 0 Å². The van der Waals surface area contributed by atoms with E-state index in [1.165, 1.54) is 25.3 Å². The van der Waals surface area contributed by atoms with Crippen molar-refractivity contribution in [1.29, 1.82) is 0 Å². The lowest BCUT2D eigenvalue weighted by molar-refractivity contribution is 0.203. The molecule has 2 nitrogen and oxygen atoms in total. The molecule has 1 atom stereocenters. The van der Waals surface area contributed by atoms with E-state index in [0.29, 0.717) is 12.1 Å². The zero-order valence-corrected chi connectivity index (χ0v) is 11.1. The molecule has 0 aromatic heterocycles. The Hall–Kier alpha value is -1.72. The van der Waals surface area contributed by atoms with Crippen molar-refractivity contribution in [1.82, 2.24) is 0 Å². The van der Waals surface area contributed by atoms with Crippen molar-refractivity contribution < 1.29 is 23.0 Å². The second-order valence-electron chi connectivity index (χ2n) is 4.07. The van der Waals surface area contributed by atoms with E-state index < -0.39 is 29.1 Å². The molecule has 6 heteroatoms. The highest BCUT2D eigenvalue weighted by molar-refractivity contribution is 6.30. The van der Waals surface area contributed by atoms with Crippen LogP contribution in [-0.4, -0.2) is 12.2 Å². The molecule has 1 unspecified atom stereocenters. The van der Waals surface area contributed by atoms with E-state index >= 15 is 0 Å². The predicted molar refractivity (Wildman–Crippen MR) is 68.4 cm³/mol. The maximum Gasteiger partial charge on any atom is 0.135 e. The number of benzene rings is 2. The summed E-state index contributed by atoms with van der Waals surface area (Å²) >= 11 is 5.80. The van der Waals surface area contributed by atoms with Crippen molar-refractivity contribution >= 4 is 11.6 Å². The van der Waals surface area contributed by atoms with E-state index in [0.717, 1.165) is 0 Å². The summed E-state index contributed by atoms with van der Waals surface area (Å²) in [5.74, 6) is -3.21. The van der Waals surface area contributed by atoms with Crippen LogP contribution in [0.2, 0.25) is 5.02 Å². The number of halogens is 4. The number of hydrogen-bond donors (Lipinski definition) is 1. The summed E-state index contributed by atoms with van der Waals surface area (Å²) in [7, 11) is 1.34. The molecular formula is C14H10ClF3O2. The van der Waals surface area contributed by atoms with Crippen LogP contribution in [0.1, 0.15) is 17.2 Å². The summed E-state index contributed by atoms with van der Waals surface area (Å²) in [6, 6.07) is 5.29. The summed E-state index contributed by atoms with van der Waals surface area (Å²) in [4.78, 5) is 0. The fraction of sp³-hybridized carbons (Fsp3) is 0.143. The second-order valence-corrected chi connectivity index (χ2v) is 4.51. The lowest BCUT2D eigenvalue weighted by Crippen LogP contribution is -2.08. The van der Waals surface area contributed by atoms with Crippen LogP contribution < -0.4 is 4.74 Å². The number of aliphatic hydroxyl groups excluding tert-OH is 1. The number of methoxy groups -OCH3 is 1. The summed E-state index contributed by atoms with van der Waals surface area (Å²) in [5, 5.41) is 10.4. The average molecular weight is 303 g/mol. The minimum Gasteiger partial charge on any atom is -0.496 e. The third-order valence-electron chi connectivity index (χ3n) is 2.80. The van der Waals surface area contributed by atoms with E-state index in [1.807, 2.05) is 0 Å². The molecule has 0 radical (unpaired) electrons. The van der Waals surface area contributed by atoms with Crippen LogP contribution in [0.25, 0.3) is 0 Å². The van der Waals surface area contributed by atoms with Gasteiger partial charge >= 0.3 is 0 Å². The number of hydrogen-bond acceptors (Lipinski definition) is 2. The van der Waals surface area contributed by atoms with Gasteiger partial charge in [0.25, 0.3) is 0 Å². The van der Waals surface area contributed by atoms with Crippen LogP contribution in [-0.2, 0) is 0 Å².